The fourth-order valence-corrected chi connectivity index (χ4v) is 4.12. The van der Waals surface area contributed by atoms with Gasteiger partial charge in [0.15, 0.2) is 5.82 Å². The molecule has 1 saturated heterocycles. The maximum absolute atomic E-state index is 13.5. The molecule has 2 heterocycles. The number of aryl methyl sites for hydroxylation is 1. The third kappa shape index (κ3) is 5.69. The molecule has 4 rings (SSSR count). The Kier molecular flexibility index (Phi) is 7.10. The van der Waals surface area contributed by atoms with Crippen LogP contribution in [0.15, 0.2) is 66.9 Å². The molecule has 0 bridgehead atoms. The van der Waals surface area contributed by atoms with Crippen molar-refractivity contribution >= 4 is 11.7 Å². The molecule has 0 saturated carbocycles. The number of piperidine rings is 1. The Bertz CT molecular complexity index is 1030. The van der Waals surface area contributed by atoms with Crippen LogP contribution in [0.2, 0.25) is 0 Å². The number of aromatic nitrogens is 2. The number of anilines is 1. The molecule has 1 N–H and O–H groups in total. The van der Waals surface area contributed by atoms with E-state index in [-0.39, 0.29) is 23.7 Å². The number of hydrogen-bond acceptors (Lipinski definition) is 4. The number of hydrogen-bond donors (Lipinski definition) is 1. The largest absolute Gasteiger partial charge is 0.356 e. The number of carbonyl (C=O) groups excluding carboxylic acids is 1. The summed E-state index contributed by atoms with van der Waals surface area (Å²) in [7, 11) is 0. The smallest absolute Gasteiger partial charge is 0.223 e. The van der Waals surface area contributed by atoms with E-state index in [4.69, 9.17) is 0 Å². The monoisotopic (exact) mass is 432 g/mol. The van der Waals surface area contributed by atoms with Crippen LogP contribution >= 0.6 is 0 Å². The van der Waals surface area contributed by atoms with Crippen LogP contribution in [0.1, 0.15) is 31.7 Å². The lowest BCUT2D eigenvalue weighted by molar-refractivity contribution is -0.126. The minimum Gasteiger partial charge on any atom is -0.356 e. The molecule has 1 amide bonds. The molecule has 1 unspecified atom stereocenters. The van der Waals surface area contributed by atoms with E-state index in [0.717, 1.165) is 44.6 Å². The molecular weight excluding hydrogens is 403 g/mol. The van der Waals surface area contributed by atoms with Gasteiger partial charge in [-0.05, 0) is 56.4 Å². The average molecular weight is 433 g/mol. The highest BCUT2D eigenvalue weighted by Gasteiger charge is 2.26. The first-order valence-corrected chi connectivity index (χ1v) is 11.3. The van der Waals surface area contributed by atoms with Gasteiger partial charge in [-0.25, -0.2) is 14.4 Å². The quantitative estimate of drug-likeness (QED) is 0.591. The van der Waals surface area contributed by atoms with Gasteiger partial charge in [-0.15, -0.1) is 0 Å². The van der Waals surface area contributed by atoms with Crippen molar-refractivity contribution in [3.05, 3.63) is 78.2 Å². The Balaban J connectivity index is 1.28. The van der Waals surface area contributed by atoms with Gasteiger partial charge in [0.2, 0.25) is 5.91 Å². The normalized spacial score (nSPS) is 15.4. The molecule has 0 aliphatic carbocycles. The van der Waals surface area contributed by atoms with E-state index in [1.54, 1.807) is 18.3 Å². The van der Waals surface area contributed by atoms with Crippen LogP contribution in [0.25, 0.3) is 11.4 Å². The van der Waals surface area contributed by atoms with Crippen molar-refractivity contribution in [2.24, 2.45) is 5.92 Å². The molecule has 1 aromatic heterocycles. The molecule has 32 heavy (non-hydrogen) atoms. The SMILES string of the molecule is CC(CCc1ccccc1)NC(=O)C1CCN(c2ccnc(-c3cccc(F)c3)n2)CC1. The highest BCUT2D eigenvalue weighted by Crippen LogP contribution is 2.24. The summed E-state index contributed by atoms with van der Waals surface area (Å²) in [5.74, 6) is 1.19. The van der Waals surface area contributed by atoms with E-state index in [9.17, 15) is 9.18 Å². The van der Waals surface area contributed by atoms with Gasteiger partial charge < -0.3 is 10.2 Å². The van der Waals surface area contributed by atoms with Gasteiger partial charge in [0.1, 0.15) is 11.6 Å². The molecular formula is C26H29FN4O. The first kappa shape index (κ1) is 21.9. The fourth-order valence-electron chi connectivity index (χ4n) is 4.12. The Morgan fingerprint density at radius 1 is 1.12 bits per heavy atom. The summed E-state index contributed by atoms with van der Waals surface area (Å²) in [6.07, 6.45) is 5.17. The van der Waals surface area contributed by atoms with Crippen LogP contribution < -0.4 is 10.2 Å². The lowest BCUT2D eigenvalue weighted by Gasteiger charge is -2.32. The number of nitrogens with zero attached hydrogens (tertiary/aromatic N) is 3. The third-order valence-corrected chi connectivity index (χ3v) is 6.01. The van der Waals surface area contributed by atoms with E-state index in [1.165, 1.54) is 17.7 Å². The fraction of sp³-hybridized carbons (Fsp3) is 0.346. The number of rotatable bonds is 7. The van der Waals surface area contributed by atoms with Gasteiger partial charge in [0.05, 0.1) is 0 Å². The van der Waals surface area contributed by atoms with Gasteiger partial charge in [0.25, 0.3) is 0 Å². The minimum atomic E-state index is -0.304. The van der Waals surface area contributed by atoms with Crippen molar-refractivity contribution < 1.29 is 9.18 Å². The van der Waals surface area contributed by atoms with Gasteiger partial charge >= 0.3 is 0 Å². The first-order chi connectivity index (χ1) is 15.6. The molecule has 166 valence electrons. The molecule has 1 atom stereocenters. The predicted octanol–water partition coefficient (Wildman–Crippen LogP) is 4.64. The lowest BCUT2D eigenvalue weighted by atomic mass is 9.95. The second-order valence-corrected chi connectivity index (χ2v) is 8.44. The molecule has 5 nitrogen and oxygen atoms in total. The summed E-state index contributed by atoms with van der Waals surface area (Å²) in [5, 5.41) is 3.19. The van der Waals surface area contributed by atoms with Gasteiger partial charge in [-0.1, -0.05) is 42.5 Å². The molecule has 1 aliphatic rings. The standard InChI is InChI=1S/C26H29FN4O/c1-19(10-11-20-6-3-2-4-7-20)29-26(32)21-13-16-31(17-14-21)24-12-15-28-25(30-24)22-8-5-9-23(27)18-22/h2-9,12,15,18-19,21H,10-11,13-14,16-17H2,1H3,(H,29,32). The second-order valence-electron chi connectivity index (χ2n) is 8.44. The highest BCUT2D eigenvalue weighted by molar-refractivity contribution is 5.79. The molecule has 1 fully saturated rings. The van der Waals surface area contributed by atoms with Crippen LogP contribution in [-0.2, 0) is 11.2 Å². The van der Waals surface area contributed by atoms with Gasteiger partial charge in [0, 0.05) is 36.8 Å². The number of carbonyl (C=O) groups is 1. The molecule has 0 radical (unpaired) electrons. The van der Waals surface area contributed by atoms with Crippen LogP contribution in [0, 0.1) is 11.7 Å². The summed E-state index contributed by atoms with van der Waals surface area (Å²) >= 11 is 0. The van der Waals surface area contributed by atoms with Crippen molar-refractivity contribution in [3.8, 4) is 11.4 Å². The zero-order valence-corrected chi connectivity index (χ0v) is 18.4. The minimum absolute atomic E-state index is 0.0231. The predicted molar refractivity (Wildman–Crippen MR) is 125 cm³/mol. The number of nitrogens with one attached hydrogen (secondary N) is 1. The van der Waals surface area contributed by atoms with Gasteiger partial charge in [-0.3, -0.25) is 4.79 Å². The number of halogens is 1. The van der Waals surface area contributed by atoms with Crippen molar-refractivity contribution in [3.63, 3.8) is 0 Å². The molecule has 6 heteroatoms. The van der Waals surface area contributed by atoms with Crippen LogP contribution in [0.3, 0.4) is 0 Å². The Labute approximate surface area is 188 Å². The van der Waals surface area contributed by atoms with Crippen molar-refractivity contribution in [2.75, 3.05) is 18.0 Å². The number of benzene rings is 2. The van der Waals surface area contributed by atoms with Crippen molar-refractivity contribution in [1.29, 1.82) is 0 Å². The van der Waals surface area contributed by atoms with E-state index < -0.39 is 0 Å². The molecule has 3 aromatic rings. The Morgan fingerprint density at radius 3 is 2.66 bits per heavy atom. The second kappa shape index (κ2) is 10.4. The van der Waals surface area contributed by atoms with Crippen LogP contribution in [-0.4, -0.2) is 35.0 Å². The Morgan fingerprint density at radius 2 is 1.91 bits per heavy atom. The van der Waals surface area contributed by atoms with Crippen molar-refractivity contribution in [1.82, 2.24) is 15.3 Å². The zero-order valence-electron chi connectivity index (χ0n) is 18.4. The van der Waals surface area contributed by atoms with Crippen molar-refractivity contribution in [2.45, 2.75) is 38.6 Å². The molecule has 2 aromatic carbocycles. The van der Waals surface area contributed by atoms with E-state index >= 15 is 0 Å². The third-order valence-electron chi connectivity index (χ3n) is 6.01. The van der Waals surface area contributed by atoms with Crippen LogP contribution in [0.5, 0.6) is 0 Å². The lowest BCUT2D eigenvalue weighted by Crippen LogP contribution is -2.43. The summed E-state index contributed by atoms with van der Waals surface area (Å²) in [6, 6.07) is 18.7. The highest BCUT2D eigenvalue weighted by atomic mass is 19.1. The number of amides is 1. The summed E-state index contributed by atoms with van der Waals surface area (Å²) < 4.78 is 13.5. The van der Waals surface area contributed by atoms with Crippen LogP contribution in [0.4, 0.5) is 10.2 Å². The average Bonchev–Trinajstić information content (AvgIpc) is 2.83. The van der Waals surface area contributed by atoms with Gasteiger partial charge in [-0.2, -0.15) is 0 Å². The topological polar surface area (TPSA) is 58.1 Å². The zero-order chi connectivity index (χ0) is 22.3. The Hall–Kier alpha value is -3.28. The van der Waals surface area contributed by atoms with E-state index in [1.807, 2.05) is 24.3 Å². The maximum Gasteiger partial charge on any atom is 0.223 e. The first-order valence-electron chi connectivity index (χ1n) is 11.3. The molecule has 1 aliphatic heterocycles. The van der Waals surface area contributed by atoms with E-state index in [2.05, 4.69) is 39.2 Å². The summed E-state index contributed by atoms with van der Waals surface area (Å²) in [5.41, 5.74) is 1.95. The maximum atomic E-state index is 13.5. The summed E-state index contributed by atoms with van der Waals surface area (Å²) in [6.45, 7) is 3.59. The van der Waals surface area contributed by atoms with E-state index in [0.29, 0.717) is 11.4 Å². The summed E-state index contributed by atoms with van der Waals surface area (Å²) in [4.78, 5) is 23.8. The molecule has 0 spiro atoms.